The third-order valence-electron chi connectivity index (χ3n) is 4.74. The highest BCUT2D eigenvalue weighted by Gasteiger charge is 2.33. The van der Waals surface area contributed by atoms with Gasteiger partial charge < -0.3 is 11.1 Å². The average Bonchev–Trinajstić information content (AvgIpc) is 2.77. The van der Waals surface area contributed by atoms with Crippen LogP contribution in [0.5, 0.6) is 0 Å². The normalized spacial score (nSPS) is 26.3. The van der Waals surface area contributed by atoms with Crippen molar-refractivity contribution in [3.63, 3.8) is 0 Å². The Kier molecular flexibility index (Phi) is 5.34. The molecule has 0 heterocycles. The summed E-state index contributed by atoms with van der Waals surface area (Å²) >= 11 is 5.10. The molecule has 1 fully saturated rings. The zero-order chi connectivity index (χ0) is 15.4. The molecule has 4 atom stereocenters. The van der Waals surface area contributed by atoms with Crippen molar-refractivity contribution in [2.45, 2.75) is 39.2 Å². The number of rotatable bonds is 5. The summed E-state index contributed by atoms with van der Waals surface area (Å²) in [5.41, 5.74) is 6.87. The van der Waals surface area contributed by atoms with Gasteiger partial charge in [0.05, 0.1) is 10.9 Å². The van der Waals surface area contributed by atoms with E-state index in [1.54, 1.807) is 0 Å². The number of nitrogens with one attached hydrogen (secondary N) is 1. The van der Waals surface area contributed by atoms with Gasteiger partial charge in [-0.2, -0.15) is 0 Å². The summed E-state index contributed by atoms with van der Waals surface area (Å²) in [6, 6.07) is 10.1. The topological polar surface area (TPSA) is 55.1 Å². The van der Waals surface area contributed by atoms with E-state index < -0.39 is 5.92 Å². The standard InChI is InChI=1S/C17H24N2OS/c1-11-8-9-15(12(11)2)19-17(20)14(16(18)21)10-13-6-4-3-5-7-13/h3-7,11-12,14-15H,8-10H2,1-2H3,(H2,18,21)(H,19,20). The molecule has 0 radical (unpaired) electrons. The first-order chi connectivity index (χ1) is 9.99. The summed E-state index contributed by atoms with van der Waals surface area (Å²) in [5, 5.41) is 3.15. The van der Waals surface area contributed by atoms with E-state index in [9.17, 15) is 4.79 Å². The molecule has 1 aliphatic carbocycles. The molecule has 21 heavy (non-hydrogen) atoms. The molecule has 0 spiro atoms. The van der Waals surface area contributed by atoms with E-state index in [-0.39, 0.29) is 16.9 Å². The zero-order valence-corrected chi connectivity index (χ0v) is 13.5. The minimum Gasteiger partial charge on any atom is -0.393 e. The van der Waals surface area contributed by atoms with Crippen LogP contribution < -0.4 is 11.1 Å². The minimum atomic E-state index is -0.425. The van der Waals surface area contributed by atoms with Gasteiger partial charge in [-0.15, -0.1) is 0 Å². The van der Waals surface area contributed by atoms with Gasteiger partial charge in [-0.25, -0.2) is 0 Å². The maximum absolute atomic E-state index is 12.5. The maximum atomic E-state index is 12.5. The van der Waals surface area contributed by atoms with E-state index in [0.717, 1.165) is 12.0 Å². The molecule has 0 aromatic heterocycles. The first kappa shape index (κ1) is 16.0. The highest BCUT2D eigenvalue weighted by atomic mass is 32.1. The van der Waals surface area contributed by atoms with Gasteiger partial charge in [-0.1, -0.05) is 56.4 Å². The summed E-state index contributed by atoms with van der Waals surface area (Å²) < 4.78 is 0. The van der Waals surface area contributed by atoms with Crippen molar-refractivity contribution in [3.8, 4) is 0 Å². The molecule has 1 aromatic carbocycles. The van der Waals surface area contributed by atoms with Crippen LogP contribution in [-0.4, -0.2) is 16.9 Å². The molecule has 1 amide bonds. The third-order valence-corrected chi connectivity index (χ3v) is 5.02. The third kappa shape index (κ3) is 4.03. The number of carbonyl (C=O) groups is 1. The molecule has 114 valence electrons. The Morgan fingerprint density at radius 3 is 2.52 bits per heavy atom. The number of benzene rings is 1. The number of hydrogen-bond acceptors (Lipinski definition) is 2. The van der Waals surface area contributed by atoms with Gasteiger partial charge in [0.15, 0.2) is 0 Å². The van der Waals surface area contributed by atoms with Gasteiger partial charge >= 0.3 is 0 Å². The quantitative estimate of drug-likeness (QED) is 0.822. The van der Waals surface area contributed by atoms with Crippen LogP contribution in [0.15, 0.2) is 30.3 Å². The fraction of sp³-hybridized carbons (Fsp3) is 0.529. The van der Waals surface area contributed by atoms with Crippen molar-refractivity contribution in [2.75, 3.05) is 0 Å². The van der Waals surface area contributed by atoms with Crippen LogP contribution in [0.1, 0.15) is 32.3 Å². The average molecular weight is 304 g/mol. The summed E-state index contributed by atoms with van der Waals surface area (Å²) in [6.07, 6.45) is 2.78. The number of amides is 1. The van der Waals surface area contributed by atoms with E-state index in [2.05, 4.69) is 19.2 Å². The maximum Gasteiger partial charge on any atom is 0.230 e. The Labute approximate surface area is 132 Å². The van der Waals surface area contributed by atoms with Crippen LogP contribution in [0.3, 0.4) is 0 Å². The van der Waals surface area contributed by atoms with E-state index >= 15 is 0 Å². The largest absolute Gasteiger partial charge is 0.393 e. The fourth-order valence-electron chi connectivity index (χ4n) is 3.02. The highest BCUT2D eigenvalue weighted by molar-refractivity contribution is 7.80. The second-order valence-electron chi connectivity index (χ2n) is 6.17. The van der Waals surface area contributed by atoms with Gasteiger partial charge in [0, 0.05) is 6.04 Å². The second-order valence-corrected chi connectivity index (χ2v) is 6.64. The molecular weight excluding hydrogens is 280 g/mol. The van der Waals surface area contributed by atoms with Gasteiger partial charge in [0.2, 0.25) is 5.91 Å². The van der Waals surface area contributed by atoms with E-state index in [0.29, 0.717) is 18.3 Å². The number of hydrogen-bond donors (Lipinski definition) is 2. The Morgan fingerprint density at radius 1 is 1.33 bits per heavy atom. The molecule has 1 aliphatic rings. The number of nitrogens with two attached hydrogens (primary N) is 1. The Bertz CT molecular complexity index is 503. The summed E-state index contributed by atoms with van der Waals surface area (Å²) in [5.74, 6) is 0.716. The molecule has 3 N–H and O–H groups in total. The van der Waals surface area contributed by atoms with Crippen LogP contribution in [0.25, 0.3) is 0 Å². The number of carbonyl (C=O) groups excluding carboxylic acids is 1. The monoisotopic (exact) mass is 304 g/mol. The van der Waals surface area contributed by atoms with Crippen LogP contribution in [0.2, 0.25) is 0 Å². The van der Waals surface area contributed by atoms with Crippen molar-refractivity contribution < 1.29 is 4.79 Å². The number of thiocarbonyl (C=S) groups is 1. The van der Waals surface area contributed by atoms with Crippen LogP contribution >= 0.6 is 12.2 Å². The van der Waals surface area contributed by atoms with Crippen LogP contribution in [0.4, 0.5) is 0 Å². The summed E-state index contributed by atoms with van der Waals surface area (Å²) in [7, 11) is 0. The first-order valence-corrected chi connectivity index (χ1v) is 8.03. The van der Waals surface area contributed by atoms with E-state index in [4.69, 9.17) is 18.0 Å². The lowest BCUT2D eigenvalue weighted by molar-refractivity contribution is -0.123. The SMILES string of the molecule is CC1CCC(NC(=O)C(Cc2ccccc2)C(N)=S)C1C. The van der Waals surface area contributed by atoms with E-state index in [1.807, 2.05) is 30.3 Å². The summed E-state index contributed by atoms with van der Waals surface area (Å²) in [6.45, 7) is 4.45. The molecule has 4 heteroatoms. The second kappa shape index (κ2) is 7.03. The highest BCUT2D eigenvalue weighted by Crippen LogP contribution is 2.31. The van der Waals surface area contributed by atoms with Crippen molar-refractivity contribution >= 4 is 23.1 Å². The molecular formula is C17H24N2OS. The van der Waals surface area contributed by atoms with Crippen molar-refractivity contribution in [2.24, 2.45) is 23.5 Å². The van der Waals surface area contributed by atoms with Crippen LogP contribution in [0, 0.1) is 17.8 Å². The van der Waals surface area contributed by atoms with Gasteiger partial charge in [-0.3, -0.25) is 4.79 Å². The Balaban J connectivity index is 2.01. The van der Waals surface area contributed by atoms with Gasteiger partial charge in [-0.05, 0) is 36.7 Å². The van der Waals surface area contributed by atoms with E-state index in [1.165, 1.54) is 6.42 Å². The summed E-state index contributed by atoms with van der Waals surface area (Å²) in [4.78, 5) is 12.8. The van der Waals surface area contributed by atoms with Crippen LogP contribution in [-0.2, 0) is 11.2 Å². The fourth-order valence-corrected chi connectivity index (χ4v) is 3.21. The predicted octanol–water partition coefficient (Wildman–Crippen LogP) is 2.68. The smallest absolute Gasteiger partial charge is 0.230 e. The van der Waals surface area contributed by atoms with Gasteiger partial charge in [0.25, 0.3) is 0 Å². The van der Waals surface area contributed by atoms with Crippen molar-refractivity contribution in [1.82, 2.24) is 5.32 Å². The Hall–Kier alpha value is -1.42. The lowest BCUT2D eigenvalue weighted by atomic mass is 9.95. The lowest BCUT2D eigenvalue weighted by Crippen LogP contribution is -2.45. The van der Waals surface area contributed by atoms with Crippen molar-refractivity contribution in [3.05, 3.63) is 35.9 Å². The van der Waals surface area contributed by atoms with Crippen molar-refractivity contribution in [1.29, 1.82) is 0 Å². The lowest BCUT2D eigenvalue weighted by Gasteiger charge is -2.23. The molecule has 0 saturated heterocycles. The molecule has 3 nitrogen and oxygen atoms in total. The molecule has 1 saturated carbocycles. The van der Waals surface area contributed by atoms with Gasteiger partial charge in [0.1, 0.15) is 0 Å². The molecule has 0 bridgehead atoms. The molecule has 1 aromatic rings. The predicted molar refractivity (Wildman–Crippen MR) is 89.9 cm³/mol. The molecule has 2 rings (SSSR count). The first-order valence-electron chi connectivity index (χ1n) is 7.62. The Morgan fingerprint density at radius 2 is 2.00 bits per heavy atom. The molecule has 4 unspecified atom stereocenters. The zero-order valence-electron chi connectivity index (χ0n) is 12.7. The minimum absolute atomic E-state index is 0.0303. The molecule has 0 aliphatic heterocycles.